The zero-order valence-corrected chi connectivity index (χ0v) is 13.5. The molecule has 0 aliphatic carbocycles. The number of nitrogens with one attached hydrogen (secondary N) is 1. The average molecular weight is 332 g/mol. The number of rotatable bonds is 3. The Morgan fingerprint density at radius 1 is 1.48 bits per heavy atom. The van der Waals surface area contributed by atoms with E-state index in [1.165, 1.54) is 23.5 Å². The Morgan fingerprint density at radius 2 is 2.14 bits per heavy atom. The summed E-state index contributed by atoms with van der Waals surface area (Å²) in [4.78, 5) is 11.8. The summed E-state index contributed by atoms with van der Waals surface area (Å²) in [5.74, 6) is -0.303. The van der Waals surface area contributed by atoms with Crippen LogP contribution in [0.5, 0.6) is 0 Å². The van der Waals surface area contributed by atoms with Crippen LogP contribution in [0.2, 0.25) is 5.02 Å². The van der Waals surface area contributed by atoms with Crippen molar-refractivity contribution in [3.63, 3.8) is 0 Å². The normalized spacial score (nSPS) is 19.7. The first-order chi connectivity index (χ1) is 9.78. The highest BCUT2D eigenvalue weighted by molar-refractivity contribution is 7.89. The van der Waals surface area contributed by atoms with Gasteiger partial charge in [-0.1, -0.05) is 11.6 Å². The number of likely N-dealkylation sites (N-methyl/N-ethyl adjacent to an activating group) is 1. The Hall–Kier alpha value is -1.31. The van der Waals surface area contributed by atoms with E-state index in [1.54, 1.807) is 6.92 Å². The molecule has 21 heavy (non-hydrogen) atoms. The molecule has 0 spiro atoms. The predicted molar refractivity (Wildman–Crippen MR) is 81.6 cm³/mol. The monoisotopic (exact) mass is 331 g/mol. The van der Waals surface area contributed by atoms with Crippen LogP contribution in [0.4, 0.5) is 5.69 Å². The molecule has 1 aliphatic heterocycles. The van der Waals surface area contributed by atoms with Gasteiger partial charge in [0.25, 0.3) is 0 Å². The van der Waals surface area contributed by atoms with Gasteiger partial charge in [-0.15, -0.1) is 0 Å². The van der Waals surface area contributed by atoms with Gasteiger partial charge in [0.05, 0.1) is 4.90 Å². The molecule has 1 aromatic carbocycles. The maximum atomic E-state index is 12.7. The summed E-state index contributed by atoms with van der Waals surface area (Å²) >= 11 is 6.02. The van der Waals surface area contributed by atoms with Gasteiger partial charge in [-0.25, -0.2) is 8.42 Å². The number of sulfonamides is 1. The second-order valence-corrected chi connectivity index (χ2v) is 7.31. The van der Waals surface area contributed by atoms with Crippen LogP contribution in [0.3, 0.4) is 0 Å². The van der Waals surface area contributed by atoms with Crippen LogP contribution in [0.1, 0.15) is 18.4 Å². The van der Waals surface area contributed by atoms with Gasteiger partial charge in [0.1, 0.15) is 6.04 Å². The number of carbonyl (C=O) groups is 1. The van der Waals surface area contributed by atoms with Crippen molar-refractivity contribution in [2.75, 3.05) is 19.3 Å². The fraction of sp³-hybridized carbons (Fsp3) is 0.462. The van der Waals surface area contributed by atoms with Gasteiger partial charge in [0, 0.05) is 24.3 Å². The summed E-state index contributed by atoms with van der Waals surface area (Å²) in [5, 5.41) is 2.79. The molecule has 2 rings (SSSR count). The third-order valence-electron chi connectivity index (χ3n) is 3.72. The summed E-state index contributed by atoms with van der Waals surface area (Å²) in [5.41, 5.74) is 6.75. The predicted octanol–water partition coefficient (Wildman–Crippen LogP) is 1.13. The van der Waals surface area contributed by atoms with Gasteiger partial charge in [-0.05, 0) is 37.5 Å². The van der Waals surface area contributed by atoms with Crippen molar-refractivity contribution in [3.05, 3.63) is 22.7 Å². The molecule has 1 atom stereocenters. The standard InChI is InChI=1S/C13H18ClN3O3S/c1-8-10(14)6-9(7-11(8)15)21(19,20)17-5-3-4-12(17)13(18)16-2/h6-7,12H,3-5,15H2,1-2H3,(H,16,18). The van der Waals surface area contributed by atoms with E-state index in [9.17, 15) is 13.2 Å². The number of nitrogens with zero attached hydrogens (tertiary/aromatic N) is 1. The van der Waals surface area contributed by atoms with Gasteiger partial charge < -0.3 is 11.1 Å². The quantitative estimate of drug-likeness (QED) is 0.812. The van der Waals surface area contributed by atoms with Crippen molar-refractivity contribution in [2.45, 2.75) is 30.7 Å². The van der Waals surface area contributed by atoms with Crippen molar-refractivity contribution in [3.8, 4) is 0 Å². The average Bonchev–Trinajstić information content (AvgIpc) is 2.93. The Bertz CT molecular complexity index is 652. The first-order valence-electron chi connectivity index (χ1n) is 6.58. The first-order valence-corrected chi connectivity index (χ1v) is 8.40. The smallest absolute Gasteiger partial charge is 0.243 e. The highest BCUT2D eigenvalue weighted by Gasteiger charge is 2.39. The number of benzene rings is 1. The van der Waals surface area contributed by atoms with Crippen LogP contribution in [0.25, 0.3) is 0 Å². The molecule has 6 nitrogen and oxygen atoms in total. The lowest BCUT2D eigenvalue weighted by molar-refractivity contribution is -0.123. The highest BCUT2D eigenvalue weighted by Crippen LogP contribution is 2.31. The summed E-state index contributed by atoms with van der Waals surface area (Å²) in [6.07, 6.45) is 1.15. The fourth-order valence-electron chi connectivity index (χ4n) is 2.42. The second-order valence-electron chi connectivity index (χ2n) is 5.01. The van der Waals surface area contributed by atoms with Crippen molar-refractivity contribution in [1.82, 2.24) is 9.62 Å². The highest BCUT2D eigenvalue weighted by atomic mass is 35.5. The van der Waals surface area contributed by atoms with Crippen molar-refractivity contribution in [1.29, 1.82) is 0 Å². The Kier molecular flexibility index (Phi) is 4.46. The lowest BCUT2D eigenvalue weighted by Crippen LogP contribution is -2.44. The maximum absolute atomic E-state index is 12.7. The molecule has 0 radical (unpaired) electrons. The summed E-state index contributed by atoms with van der Waals surface area (Å²) in [7, 11) is -2.30. The molecular formula is C13H18ClN3O3S. The third-order valence-corrected chi connectivity index (χ3v) is 6.00. The summed E-state index contributed by atoms with van der Waals surface area (Å²) in [6.45, 7) is 2.03. The molecule has 0 aromatic heterocycles. The Morgan fingerprint density at radius 3 is 2.71 bits per heavy atom. The topological polar surface area (TPSA) is 92.5 Å². The lowest BCUT2D eigenvalue weighted by Gasteiger charge is -2.23. The van der Waals surface area contributed by atoms with E-state index in [2.05, 4.69) is 5.32 Å². The van der Waals surface area contributed by atoms with Crippen molar-refractivity contribution < 1.29 is 13.2 Å². The van der Waals surface area contributed by atoms with E-state index in [4.69, 9.17) is 17.3 Å². The van der Waals surface area contributed by atoms with Gasteiger partial charge >= 0.3 is 0 Å². The Balaban J connectivity index is 2.45. The van der Waals surface area contributed by atoms with Crippen LogP contribution in [0.15, 0.2) is 17.0 Å². The van der Waals surface area contributed by atoms with Gasteiger partial charge in [0.2, 0.25) is 15.9 Å². The van der Waals surface area contributed by atoms with E-state index >= 15 is 0 Å². The van der Waals surface area contributed by atoms with Gasteiger partial charge in [0.15, 0.2) is 0 Å². The molecule has 1 saturated heterocycles. The molecule has 1 aliphatic rings. The number of anilines is 1. The zero-order chi connectivity index (χ0) is 15.8. The minimum atomic E-state index is -3.80. The van der Waals surface area contributed by atoms with Gasteiger partial charge in [-0.3, -0.25) is 4.79 Å². The molecule has 1 heterocycles. The SMILES string of the molecule is CNC(=O)C1CCCN1S(=O)(=O)c1cc(N)c(C)c(Cl)c1. The van der Waals surface area contributed by atoms with E-state index in [0.717, 1.165) is 0 Å². The molecular weight excluding hydrogens is 314 g/mol. The molecule has 1 amide bonds. The minimum absolute atomic E-state index is 0.0198. The molecule has 0 saturated carbocycles. The van der Waals surface area contributed by atoms with Crippen LogP contribution in [0, 0.1) is 6.92 Å². The lowest BCUT2D eigenvalue weighted by atomic mass is 10.2. The van der Waals surface area contributed by atoms with Crippen LogP contribution < -0.4 is 11.1 Å². The van der Waals surface area contributed by atoms with Crippen LogP contribution in [-0.2, 0) is 14.8 Å². The summed E-state index contributed by atoms with van der Waals surface area (Å²) < 4.78 is 26.6. The maximum Gasteiger partial charge on any atom is 0.243 e. The number of carbonyl (C=O) groups excluding carboxylic acids is 1. The number of hydrogen-bond acceptors (Lipinski definition) is 4. The largest absolute Gasteiger partial charge is 0.398 e. The molecule has 1 fully saturated rings. The molecule has 1 unspecified atom stereocenters. The molecule has 116 valence electrons. The van der Waals surface area contributed by atoms with E-state index in [-0.39, 0.29) is 10.8 Å². The minimum Gasteiger partial charge on any atom is -0.398 e. The van der Waals surface area contributed by atoms with E-state index < -0.39 is 16.1 Å². The number of amides is 1. The Labute approximate surface area is 129 Å². The molecule has 1 aromatic rings. The number of halogens is 1. The zero-order valence-electron chi connectivity index (χ0n) is 11.9. The molecule has 3 N–H and O–H groups in total. The van der Waals surface area contributed by atoms with Crippen LogP contribution in [-0.4, -0.2) is 38.3 Å². The van der Waals surface area contributed by atoms with Crippen LogP contribution >= 0.6 is 11.6 Å². The molecule has 0 bridgehead atoms. The number of nitrogens with two attached hydrogens (primary N) is 1. The van der Waals surface area contributed by atoms with Gasteiger partial charge in [-0.2, -0.15) is 4.31 Å². The van der Waals surface area contributed by atoms with Crippen molar-refractivity contribution in [2.24, 2.45) is 0 Å². The summed E-state index contributed by atoms with van der Waals surface area (Å²) in [6, 6.07) is 2.08. The second kappa shape index (κ2) is 5.82. The fourth-order valence-corrected chi connectivity index (χ4v) is 4.43. The number of nitrogen functional groups attached to an aromatic ring is 1. The van der Waals surface area contributed by atoms with Crippen molar-refractivity contribution >= 4 is 33.2 Å². The van der Waals surface area contributed by atoms with E-state index in [0.29, 0.717) is 35.7 Å². The molecule has 8 heteroatoms. The number of hydrogen-bond donors (Lipinski definition) is 2. The first kappa shape index (κ1) is 16.1. The van der Waals surface area contributed by atoms with E-state index in [1.807, 2.05) is 0 Å². The third kappa shape index (κ3) is 2.86.